The molecule has 0 aliphatic heterocycles. The van der Waals surface area contributed by atoms with Gasteiger partial charge in [0.2, 0.25) is 11.8 Å². The van der Waals surface area contributed by atoms with Crippen LogP contribution in [-0.4, -0.2) is 31.4 Å². The summed E-state index contributed by atoms with van der Waals surface area (Å²) in [5.41, 5.74) is 1.02. The largest absolute Gasteiger partial charge is 0.350 e. The van der Waals surface area contributed by atoms with Crippen molar-refractivity contribution < 1.29 is 9.59 Å². The smallest absolute Gasteiger partial charge is 0.244 e. The summed E-state index contributed by atoms with van der Waals surface area (Å²) in [6.07, 6.45) is 0. The van der Waals surface area contributed by atoms with E-state index in [1.54, 1.807) is 7.05 Å². The average Bonchev–Trinajstić information content (AvgIpc) is 2.36. The molecule has 0 fully saturated rings. The molecule has 0 aliphatic rings. The maximum absolute atomic E-state index is 11.9. The molecule has 0 bridgehead atoms. The van der Waals surface area contributed by atoms with E-state index in [-0.39, 0.29) is 11.8 Å². The van der Waals surface area contributed by atoms with Gasteiger partial charge in [0.25, 0.3) is 0 Å². The minimum absolute atomic E-state index is 0.191. The molecule has 1 aromatic rings. The molecule has 2 amide bonds. The Morgan fingerprint density at radius 1 is 1.22 bits per heavy atom. The zero-order chi connectivity index (χ0) is 13.4. The number of carbonyl (C=O) groups excluding carboxylic acids is 2. The second-order valence-corrected chi connectivity index (χ2v) is 4.01. The van der Waals surface area contributed by atoms with Crippen LogP contribution in [0.1, 0.15) is 12.5 Å². The Labute approximate surface area is 107 Å². The zero-order valence-corrected chi connectivity index (χ0v) is 10.7. The number of hydrogen-bond donors (Lipinski definition) is 3. The molecule has 5 nitrogen and oxygen atoms in total. The average molecular weight is 249 g/mol. The number of likely N-dealkylation sites (N-methyl/N-ethyl adjacent to an activating group) is 1. The number of hydrogen-bond acceptors (Lipinski definition) is 3. The lowest BCUT2D eigenvalue weighted by molar-refractivity contribution is -0.128. The highest BCUT2D eigenvalue weighted by Crippen LogP contribution is 1.97. The summed E-state index contributed by atoms with van der Waals surface area (Å²) in [4.78, 5) is 22.9. The summed E-state index contributed by atoms with van der Waals surface area (Å²) in [5, 5.41) is 8.28. The molecular weight excluding hydrogens is 230 g/mol. The molecule has 0 spiro atoms. The van der Waals surface area contributed by atoms with Crippen molar-refractivity contribution in [3.05, 3.63) is 35.9 Å². The molecule has 3 N–H and O–H groups in total. The maximum Gasteiger partial charge on any atom is 0.244 e. The first kappa shape index (κ1) is 14.2. The van der Waals surface area contributed by atoms with Gasteiger partial charge in [0.15, 0.2) is 0 Å². The van der Waals surface area contributed by atoms with Crippen molar-refractivity contribution in [2.45, 2.75) is 19.5 Å². The summed E-state index contributed by atoms with van der Waals surface area (Å²) in [7, 11) is 1.74. The van der Waals surface area contributed by atoms with Crippen LogP contribution in [0.25, 0.3) is 0 Å². The summed E-state index contributed by atoms with van der Waals surface area (Å²) in [6.45, 7) is 2.26. The van der Waals surface area contributed by atoms with Crippen LogP contribution in [0.4, 0.5) is 0 Å². The minimum atomic E-state index is -0.545. The summed E-state index contributed by atoms with van der Waals surface area (Å²) >= 11 is 0. The van der Waals surface area contributed by atoms with Gasteiger partial charge in [0, 0.05) is 20.0 Å². The van der Waals surface area contributed by atoms with Crippen LogP contribution < -0.4 is 16.0 Å². The van der Waals surface area contributed by atoms with Crippen LogP contribution >= 0.6 is 0 Å². The zero-order valence-electron chi connectivity index (χ0n) is 10.7. The molecule has 1 unspecified atom stereocenters. The van der Waals surface area contributed by atoms with E-state index in [4.69, 9.17) is 0 Å². The van der Waals surface area contributed by atoms with Gasteiger partial charge < -0.3 is 16.0 Å². The van der Waals surface area contributed by atoms with Gasteiger partial charge >= 0.3 is 0 Å². The predicted octanol–water partition coefficient (Wildman–Crippen LogP) is 0.0269. The van der Waals surface area contributed by atoms with E-state index >= 15 is 0 Å². The van der Waals surface area contributed by atoms with Crippen molar-refractivity contribution in [1.29, 1.82) is 0 Å². The van der Waals surface area contributed by atoms with Crippen LogP contribution in [0, 0.1) is 0 Å². The fourth-order valence-electron chi connectivity index (χ4n) is 1.57. The molecule has 1 rings (SSSR count). The second-order valence-electron chi connectivity index (χ2n) is 4.01. The Hall–Kier alpha value is -1.88. The number of amides is 2. The Bertz CT molecular complexity index is 392. The van der Waals surface area contributed by atoms with Gasteiger partial charge in [-0.3, -0.25) is 9.59 Å². The quantitative estimate of drug-likeness (QED) is 0.666. The van der Waals surface area contributed by atoms with Gasteiger partial charge in [-0.1, -0.05) is 30.3 Å². The van der Waals surface area contributed by atoms with E-state index in [1.165, 1.54) is 6.92 Å². The van der Waals surface area contributed by atoms with Crippen LogP contribution in [0.3, 0.4) is 0 Å². The highest BCUT2D eigenvalue weighted by molar-refractivity contribution is 5.87. The number of benzene rings is 1. The van der Waals surface area contributed by atoms with Crippen LogP contribution in [-0.2, 0) is 16.1 Å². The molecule has 18 heavy (non-hydrogen) atoms. The second kappa shape index (κ2) is 7.45. The fourth-order valence-corrected chi connectivity index (χ4v) is 1.57. The molecule has 0 radical (unpaired) electrons. The van der Waals surface area contributed by atoms with Gasteiger partial charge in [0.05, 0.1) is 0 Å². The van der Waals surface area contributed by atoms with Gasteiger partial charge in [-0.05, 0) is 12.6 Å². The monoisotopic (exact) mass is 249 g/mol. The standard InChI is InChI=1S/C13H19N3O2/c1-10(17)16-12(9-14-2)13(18)15-8-11-6-4-3-5-7-11/h3-7,12,14H,8-9H2,1-2H3,(H,15,18)(H,16,17). The van der Waals surface area contributed by atoms with Gasteiger partial charge in [-0.2, -0.15) is 0 Å². The first-order valence-electron chi connectivity index (χ1n) is 5.87. The van der Waals surface area contributed by atoms with Crippen LogP contribution in [0.5, 0.6) is 0 Å². The summed E-state index contributed by atoms with van der Waals surface area (Å²) in [5.74, 6) is -0.409. The molecule has 0 heterocycles. The third-order valence-electron chi connectivity index (χ3n) is 2.41. The lowest BCUT2D eigenvalue weighted by atomic mass is 10.2. The molecule has 1 atom stereocenters. The maximum atomic E-state index is 11.9. The normalized spacial score (nSPS) is 11.7. The minimum Gasteiger partial charge on any atom is -0.350 e. The van der Waals surface area contributed by atoms with E-state index in [9.17, 15) is 9.59 Å². The highest BCUT2D eigenvalue weighted by Gasteiger charge is 2.17. The van der Waals surface area contributed by atoms with E-state index in [2.05, 4.69) is 16.0 Å². The molecule has 5 heteroatoms. The molecule has 98 valence electrons. The lowest BCUT2D eigenvalue weighted by Gasteiger charge is -2.17. The van der Waals surface area contributed by atoms with E-state index in [0.29, 0.717) is 13.1 Å². The van der Waals surface area contributed by atoms with Crippen molar-refractivity contribution in [2.75, 3.05) is 13.6 Å². The van der Waals surface area contributed by atoms with Gasteiger partial charge in [-0.15, -0.1) is 0 Å². The number of carbonyl (C=O) groups is 2. The SMILES string of the molecule is CNCC(NC(C)=O)C(=O)NCc1ccccc1. The molecular formula is C13H19N3O2. The van der Waals surface area contributed by atoms with Crippen molar-refractivity contribution in [3.8, 4) is 0 Å². The van der Waals surface area contributed by atoms with E-state index < -0.39 is 6.04 Å². The van der Waals surface area contributed by atoms with Crippen LogP contribution in [0.15, 0.2) is 30.3 Å². The number of nitrogens with one attached hydrogen (secondary N) is 3. The van der Waals surface area contributed by atoms with Crippen molar-refractivity contribution in [2.24, 2.45) is 0 Å². The third kappa shape index (κ3) is 4.97. The summed E-state index contributed by atoms with van der Waals surface area (Å²) in [6, 6.07) is 9.08. The molecule has 0 saturated carbocycles. The van der Waals surface area contributed by atoms with Crippen molar-refractivity contribution in [3.63, 3.8) is 0 Å². The first-order valence-corrected chi connectivity index (χ1v) is 5.87. The Morgan fingerprint density at radius 2 is 1.89 bits per heavy atom. The topological polar surface area (TPSA) is 70.2 Å². The molecule has 0 aliphatic carbocycles. The van der Waals surface area contributed by atoms with Crippen molar-refractivity contribution in [1.82, 2.24) is 16.0 Å². The summed E-state index contributed by atoms with van der Waals surface area (Å²) < 4.78 is 0. The van der Waals surface area contributed by atoms with E-state index in [0.717, 1.165) is 5.56 Å². The highest BCUT2D eigenvalue weighted by atomic mass is 16.2. The molecule has 0 aromatic heterocycles. The van der Waals surface area contributed by atoms with Gasteiger partial charge in [-0.25, -0.2) is 0 Å². The van der Waals surface area contributed by atoms with Crippen molar-refractivity contribution >= 4 is 11.8 Å². The fraction of sp³-hybridized carbons (Fsp3) is 0.385. The van der Waals surface area contributed by atoms with Crippen LogP contribution in [0.2, 0.25) is 0 Å². The Morgan fingerprint density at radius 3 is 2.44 bits per heavy atom. The lowest BCUT2D eigenvalue weighted by Crippen LogP contribution is -2.50. The predicted molar refractivity (Wildman–Crippen MR) is 69.8 cm³/mol. The number of rotatable bonds is 6. The third-order valence-corrected chi connectivity index (χ3v) is 2.41. The molecule has 1 aromatic carbocycles. The molecule has 0 saturated heterocycles. The van der Waals surface area contributed by atoms with Gasteiger partial charge in [0.1, 0.15) is 6.04 Å². The first-order chi connectivity index (χ1) is 8.63. The Kier molecular flexibility index (Phi) is 5.87. The Balaban J connectivity index is 2.48. The van der Waals surface area contributed by atoms with E-state index in [1.807, 2.05) is 30.3 Å².